The molecule has 3 rings (SSSR count). The maximum absolute atomic E-state index is 12.2. The van der Waals surface area contributed by atoms with Gasteiger partial charge in [0, 0.05) is 30.1 Å². The Morgan fingerprint density at radius 2 is 2.17 bits per heavy atom. The summed E-state index contributed by atoms with van der Waals surface area (Å²) in [5, 5.41) is 23.5. The number of hydrogen-bond donors (Lipinski definition) is 1. The van der Waals surface area contributed by atoms with Crippen LogP contribution in [0.15, 0.2) is 39.3 Å². The monoisotopic (exact) mass is 333 g/mol. The SMILES string of the molecule is CC1=NN(C(=O)CSc2nnc(-c3ccncc3)o2)[C@@](C)(O)C1. The Bertz CT molecular complexity index is 744. The number of aliphatic hydroxyl groups is 1. The van der Waals surface area contributed by atoms with Gasteiger partial charge in [0.2, 0.25) is 5.89 Å². The van der Waals surface area contributed by atoms with Gasteiger partial charge in [0.15, 0.2) is 5.72 Å². The number of thioether (sulfide) groups is 1. The van der Waals surface area contributed by atoms with Gasteiger partial charge in [-0.15, -0.1) is 10.2 Å². The molecule has 0 spiro atoms. The normalized spacial score (nSPS) is 20.7. The molecule has 2 aromatic rings. The second-order valence-electron chi connectivity index (χ2n) is 5.33. The van der Waals surface area contributed by atoms with E-state index in [0.717, 1.165) is 22.3 Å². The molecule has 120 valence electrons. The van der Waals surface area contributed by atoms with Crippen LogP contribution >= 0.6 is 11.8 Å². The summed E-state index contributed by atoms with van der Waals surface area (Å²) in [5.74, 6) is 0.0927. The van der Waals surface area contributed by atoms with Crippen molar-refractivity contribution < 1.29 is 14.3 Å². The second-order valence-corrected chi connectivity index (χ2v) is 6.26. The summed E-state index contributed by atoms with van der Waals surface area (Å²) in [6.45, 7) is 3.33. The lowest BCUT2D eigenvalue weighted by molar-refractivity contribution is -0.149. The Kier molecular flexibility index (Phi) is 4.14. The number of nitrogens with zero attached hydrogens (tertiary/aromatic N) is 5. The highest BCUT2D eigenvalue weighted by atomic mass is 32.2. The van der Waals surface area contributed by atoms with Crippen LogP contribution in [-0.2, 0) is 4.79 Å². The van der Waals surface area contributed by atoms with Crippen LogP contribution in [0.1, 0.15) is 20.3 Å². The van der Waals surface area contributed by atoms with Gasteiger partial charge in [-0.3, -0.25) is 9.78 Å². The molecule has 1 aliphatic heterocycles. The fourth-order valence-electron chi connectivity index (χ4n) is 2.26. The summed E-state index contributed by atoms with van der Waals surface area (Å²) >= 11 is 1.11. The van der Waals surface area contributed by atoms with Crippen molar-refractivity contribution >= 4 is 23.4 Å². The summed E-state index contributed by atoms with van der Waals surface area (Å²) in [6, 6.07) is 3.51. The Morgan fingerprint density at radius 3 is 2.83 bits per heavy atom. The first-order valence-corrected chi connectivity index (χ1v) is 7.90. The van der Waals surface area contributed by atoms with Gasteiger partial charge in [-0.2, -0.15) is 5.10 Å². The van der Waals surface area contributed by atoms with Crippen molar-refractivity contribution in [3.63, 3.8) is 0 Å². The average Bonchev–Trinajstić information content (AvgIpc) is 3.09. The van der Waals surface area contributed by atoms with Crippen LogP contribution in [0.2, 0.25) is 0 Å². The van der Waals surface area contributed by atoms with E-state index in [1.165, 1.54) is 0 Å². The van der Waals surface area contributed by atoms with E-state index >= 15 is 0 Å². The second kappa shape index (κ2) is 6.09. The zero-order chi connectivity index (χ0) is 16.4. The molecule has 0 saturated heterocycles. The van der Waals surface area contributed by atoms with Gasteiger partial charge in [0.05, 0.1) is 5.75 Å². The molecule has 8 nitrogen and oxygen atoms in total. The lowest BCUT2D eigenvalue weighted by Crippen LogP contribution is -2.44. The van der Waals surface area contributed by atoms with Gasteiger partial charge >= 0.3 is 0 Å². The molecule has 0 aliphatic carbocycles. The third-order valence-corrected chi connectivity index (χ3v) is 4.01. The predicted molar refractivity (Wildman–Crippen MR) is 83.4 cm³/mol. The molecule has 0 unspecified atom stereocenters. The lowest BCUT2D eigenvalue weighted by atomic mass is 10.1. The van der Waals surface area contributed by atoms with E-state index in [1.54, 1.807) is 38.4 Å². The molecule has 9 heteroatoms. The van der Waals surface area contributed by atoms with Crippen LogP contribution in [-0.4, -0.2) is 48.4 Å². The minimum atomic E-state index is -1.28. The number of aromatic nitrogens is 3. The molecule has 0 fully saturated rings. The van der Waals surface area contributed by atoms with E-state index in [0.29, 0.717) is 18.0 Å². The maximum Gasteiger partial charge on any atom is 0.277 e. The van der Waals surface area contributed by atoms with Crippen LogP contribution in [0.25, 0.3) is 11.5 Å². The first-order chi connectivity index (χ1) is 11.0. The first kappa shape index (κ1) is 15.6. The van der Waals surface area contributed by atoms with Crippen molar-refractivity contribution in [2.45, 2.75) is 31.2 Å². The molecular formula is C14H15N5O3S. The van der Waals surface area contributed by atoms with Crippen LogP contribution in [0, 0.1) is 0 Å². The van der Waals surface area contributed by atoms with Crippen molar-refractivity contribution in [1.29, 1.82) is 0 Å². The van der Waals surface area contributed by atoms with Crippen molar-refractivity contribution in [1.82, 2.24) is 20.2 Å². The van der Waals surface area contributed by atoms with E-state index in [2.05, 4.69) is 20.3 Å². The highest BCUT2D eigenvalue weighted by Gasteiger charge is 2.38. The van der Waals surface area contributed by atoms with Gasteiger partial charge in [-0.1, -0.05) is 11.8 Å². The number of amides is 1. The van der Waals surface area contributed by atoms with Crippen molar-refractivity contribution in [2.75, 3.05) is 5.75 Å². The van der Waals surface area contributed by atoms with E-state index in [9.17, 15) is 9.90 Å². The number of carbonyl (C=O) groups excluding carboxylic acids is 1. The summed E-state index contributed by atoms with van der Waals surface area (Å²) in [4.78, 5) is 16.1. The summed E-state index contributed by atoms with van der Waals surface area (Å²) in [5.41, 5.74) is 0.193. The van der Waals surface area contributed by atoms with Crippen LogP contribution in [0.4, 0.5) is 0 Å². The molecule has 3 heterocycles. The molecular weight excluding hydrogens is 318 g/mol. The molecule has 1 atom stereocenters. The molecule has 2 aromatic heterocycles. The third-order valence-electron chi connectivity index (χ3n) is 3.21. The van der Waals surface area contributed by atoms with Crippen LogP contribution < -0.4 is 0 Å². The Balaban J connectivity index is 1.63. The minimum absolute atomic E-state index is 0.0465. The Hall–Kier alpha value is -2.26. The number of hydrazone groups is 1. The molecule has 1 N–H and O–H groups in total. The topological polar surface area (TPSA) is 105 Å². The van der Waals surface area contributed by atoms with E-state index in [1.807, 2.05) is 0 Å². The fourth-order valence-corrected chi connectivity index (χ4v) is 2.87. The molecule has 0 saturated carbocycles. The number of hydrogen-bond acceptors (Lipinski definition) is 8. The molecule has 0 radical (unpaired) electrons. The third kappa shape index (κ3) is 3.40. The van der Waals surface area contributed by atoms with Gasteiger partial charge < -0.3 is 9.52 Å². The van der Waals surface area contributed by atoms with E-state index in [-0.39, 0.29) is 16.9 Å². The highest BCUT2D eigenvalue weighted by molar-refractivity contribution is 7.99. The molecule has 0 aromatic carbocycles. The van der Waals surface area contributed by atoms with Gasteiger partial charge in [-0.05, 0) is 26.0 Å². The van der Waals surface area contributed by atoms with Crippen molar-refractivity contribution in [3.8, 4) is 11.5 Å². The van der Waals surface area contributed by atoms with Gasteiger partial charge in [-0.25, -0.2) is 5.01 Å². The number of pyridine rings is 1. The standard InChI is InChI=1S/C14H15N5O3S/c1-9-7-14(2,21)19(18-9)11(20)8-23-13-17-16-12(22-13)10-3-5-15-6-4-10/h3-6,21H,7-8H2,1-2H3/t14-/m0/s1. The fraction of sp³-hybridized carbons (Fsp3) is 0.357. The van der Waals surface area contributed by atoms with E-state index in [4.69, 9.17) is 4.42 Å². The lowest BCUT2D eigenvalue weighted by Gasteiger charge is -2.26. The summed E-state index contributed by atoms with van der Waals surface area (Å²) in [7, 11) is 0. The predicted octanol–water partition coefficient (Wildman–Crippen LogP) is 1.54. The smallest absolute Gasteiger partial charge is 0.277 e. The molecule has 23 heavy (non-hydrogen) atoms. The summed E-state index contributed by atoms with van der Waals surface area (Å²) in [6.07, 6.45) is 3.60. The van der Waals surface area contributed by atoms with Gasteiger partial charge in [0.25, 0.3) is 11.1 Å². The van der Waals surface area contributed by atoms with Crippen molar-refractivity contribution in [3.05, 3.63) is 24.5 Å². The van der Waals surface area contributed by atoms with Crippen LogP contribution in [0.5, 0.6) is 0 Å². The Labute approximate surface area is 136 Å². The molecule has 1 amide bonds. The number of carbonyl (C=O) groups is 1. The molecule has 0 bridgehead atoms. The quantitative estimate of drug-likeness (QED) is 0.846. The maximum atomic E-state index is 12.2. The zero-order valence-electron chi connectivity index (χ0n) is 12.6. The zero-order valence-corrected chi connectivity index (χ0v) is 13.4. The molecule has 1 aliphatic rings. The minimum Gasteiger partial charge on any atom is -0.411 e. The first-order valence-electron chi connectivity index (χ1n) is 6.92. The van der Waals surface area contributed by atoms with Crippen molar-refractivity contribution in [2.24, 2.45) is 5.10 Å². The Morgan fingerprint density at radius 1 is 1.43 bits per heavy atom. The van der Waals surface area contributed by atoms with E-state index < -0.39 is 5.72 Å². The summed E-state index contributed by atoms with van der Waals surface area (Å²) < 4.78 is 5.50. The van der Waals surface area contributed by atoms with Crippen LogP contribution in [0.3, 0.4) is 0 Å². The van der Waals surface area contributed by atoms with Gasteiger partial charge in [0.1, 0.15) is 0 Å². The average molecular weight is 333 g/mol. The number of rotatable bonds is 4. The largest absolute Gasteiger partial charge is 0.411 e. The highest BCUT2D eigenvalue weighted by Crippen LogP contribution is 2.27.